The van der Waals surface area contributed by atoms with E-state index in [4.69, 9.17) is 9.47 Å². The predicted molar refractivity (Wildman–Crippen MR) is 102 cm³/mol. The smallest absolute Gasteiger partial charge is 0.229 e. The fourth-order valence-electron chi connectivity index (χ4n) is 2.89. The number of anilines is 1. The minimum Gasteiger partial charge on any atom is -0.490 e. The number of ether oxygens (including phenoxy) is 2. The molecule has 0 spiro atoms. The monoisotopic (exact) mass is 362 g/mol. The predicted octanol–water partition coefficient (Wildman–Crippen LogP) is 3.46. The summed E-state index contributed by atoms with van der Waals surface area (Å²) in [6.45, 7) is 9.68. The number of hydrogen-bond acceptors (Lipinski definition) is 4. The van der Waals surface area contributed by atoms with Crippen molar-refractivity contribution in [2.24, 2.45) is 5.92 Å². The molecule has 2 amide bonds. The van der Waals surface area contributed by atoms with E-state index in [0.717, 1.165) is 12.8 Å². The summed E-state index contributed by atoms with van der Waals surface area (Å²) in [6.07, 6.45) is 2.06. The van der Waals surface area contributed by atoms with Crippen LogP contribution in [0.25, 0.3) is 0 Å². The second-order valence-corrected chi connectivity index (χ2v) is 6.89. The Hall–Kier alpha value is -2.24. The van der Waals surface area contributed by atoms with E-state index in [1.807, 2.05) is 33.8 Å². The molecule has 1 heterocycles. The summed E-state index contributed by atoms with van der Waals surface area (Å²) in [5.41, 5.74) is 0.653. The summed E-state index contributed by atoms with van der Waals surface area (Å²) in [4.78, 5) is 26.3. The number of carbonyl (C=O) groups is 2. The minimum atomic E-state index is -0.319. The summed E-state index contributed by atoms with van der Waals surface area (Å²) < 4.78 is 11.5. The van der Waals surface area contributed by atoms with Crippen molar-refractivity contribution < 1.29 is 19.1 Å². The van der Waals surface area contributed by atoms with Gasteiger partial charge in [-0.2, -0.15) is 0 Å². The number of nitrogens with one attached hydrogen (secondary N) is 1. The molecule has 0 aliphatic carbocycles. The van der Waals surface area contributed by atoms with Gasteiger partial charge < -0.3 is 19.7 Å². The van der Waals surface area contributed by atoms with Crippen molar-refractivity contribution in [3.63, 3.8) is 0 Å². The average Bonchev–Trinajstić information content (AvgIpc) is 3.01. The van der Waals surface area contributed by atoms with Crippen LogP contribution >= 0.6 is 0 Å². The highest BCUT2D eigenvalue weighted by molar-refractivity contribution is 5.97. The first-order valence-corrected chi connectivity index (χ1v) is 9.46. The van der Waals surface area contributed by atoms with E-state index in [2.05, 4.69) is 5.32 Å². The largest absolute Gasteiger partial charge is 0.490 e. The quantitative estimate of drug-likeness (QED) is 0.730. The van der Waals surface area contributed by atoms with Gasteiger partial charge >= 0.3 is 0 Å². The first-order valence-electron chi connectivity index (χ1n) is 9.46. The number of nitrogens with zero attached hydrogens (tertiary/aromatic N) is 1. The highest BCUT2D eigenvalue weighted by Crippen LogP contribution is 2.31. The Morgan fingerprint density at radius 1 is 1.19 bits per heavy atom. The van der Waals surface area contributed by atoms with Gasteiger partial charge in [0, 0.05) is 30.8 Å². The van der Waals surface area contributed by atoms with E-state index >= 15 is 0 Å². The fraction of sp³-hybridized carbons (Fsp3) is 0.600. The summed E-state index contributed by atoms with van der Waals surface area (Å²) in [7, 11) is 0. The molecule has 1 atom stereocenters. The van der Waals surface area contributed by atoms with Gasteiger partial charge in [0.1, 0.15) is 0 Å². The molecule has 26 heavy (non-hydrogen) atoms. The summed E-state index contributed by atoms with van der Waals surface area (Å²) >= 11 is 0. The lowest BCUT2D eigenvalue weighted by Crippen LogP contribution is -2.33. The Kier molecular flexibility index (Phi) is 7.30. The molecule has 2 rings (SSSR count). The highest BCUT2D eigenvalue weighted by atomic mass is 16.5. The Morgan fingerprint density at radius 3 is 2.42 bits per heavy atom. The molecule has 1 fully saturated rings. The molecule has 1 aliphatic heterocycles. The Balaban J connectivity index is 2.06. The molecule has 1 unspecified atom stereocenters. The zero-order valence-electron chi connectivity index (χ0n) is 16.2. The van der Waals surface area contributed by atoms with Gasteiger partial charge in [0.05, 0.1) is 19.1 Å². The van der Waals surface area contributed by atoms with Crippen LogP contribution in [0.3, 0.4) is 0 Å². The third kappa shape index (κ3) is 5.13. The molecule has 0 bridgehead atoms. The minimum absolute atomic E-state index is 0.0374. The SMILES string of the molecule is CCCOc1ccc(NC(=O)C2CC(=O)N(C(C)C)C2)cc1OCCC. The van der Waals surface area contributed by atoms with Crippen LogP contribution in [0.4, 0.5) is 5.69 Å². The first kappa shape index (κ1) is 20.1. The average molecular weight is 362 g/mol. The maximum Gasteiger partial charge on any atom is 0.229 e. The van der Waals surface area contributed by atoms with Crippen molar-refractivity contribution in [3.05, 3.63) is 18.2 Å². The van der Waals surface area contributed by atoms with Crippen LogP contribution in [0.15, 0.2) is 18.2 Å². The molecular weight excluding hydrogens is 332 g/mol. The molecule has 1 aromatic rings. The van der Waals surface area contributed by atoms with Gasteiger partial charge in [-0.25, -0.2) is 0 Å². The van der Waals surface area contributed by atoms with Gasteiger partial charge in [-0.05, 0) is 38.8 Å². The number of amides is 2. The standard InChI is InChI=1S/C20H30N2O4/c1-5-9-25-17-8-7-16(12-18(17)26-10-6-2)21-20(24)15-11-19(23)22(13-15)14(3)4/h7-8,12,14-15H,5-6,9-11,13H2,1-4H3,(H,21,24). The van der Waals surface area contributed by atoms with Gasteiger partial charge in [-0.15, -0.1) is 0 Å². The fourth-order valence-corrected chi connectivity index (χ4v) is 2.89. The van der Waals surface area contributed by atoms with Crippen molar-refractivity contribution in [3.8, 4) is 11.5 Å². The van der Waals surface area contributed by atoms with Crippen LogP contribution in [0, 0.1) is 5.92 Å². The van der Waals surface area contributed by atoms with E-state index in [9.17, 15) is 9.59 Å². The number of carbonyl (C=O) groups excluding carboxylic acids is 2. The number of likely N-dealkylation sites (tertiary alicyclic amines) is 1. The lowest BCUT2D eigenvalue weighted by atomic mass is 10.1. The molecule has 1 aromatic carbocycles. The molecule has 6 nitrogen and oxygen atoms in total. The van der Waals surface area contributed by atoms with Crippen molar-refractivity contribution >= 4 is 17.5 Å². The number of benzene rings is 1. The summed E-state index contributed by atoms with van der Waals surface area (Å²) in [5.74, 6) is 0.895. The maximum atomic E-state index is 12.5. The van der Waals surface area contributed by atoms with Crippen LogP contribution in [0.1, 0.15) is 47.0 Å². The highest BCUT2D eigenvalue weighted by Gasteiger charge is 2.35. The van der Waals surface area contributed by atoms with E-state index in [-0.39, 0.29) is 30.2 Å². The van der Waals surface area contributed by atoms with Crippen molar-refractivity contribution in [2.75, 3.05) is 25.1 Å². The third-order valence-electron chi connectivity index (χ3n) is 4.29. The van der Waals surface area contributed by atoms with Gasteiger partial charge in [0.15, 0.2) is 11.5 Å². The van der Waals surface area contributed by atoms with Gasteiger partial charge in [-0.3, -0.25) is 9.59 Å². The second-order valence-electron chi connectivity index (χ2n) is 6.89. The molecule has 1 saturated heterocycles. The molecular formula is C20H30N2O4. The molecule has 0 saturated carbocycles. The molecule has 6 heteroatoms. The van der Waals surface area contributed by atoms with E-state index in [0.29, 0.717) is 36.9 Å². The van der Waals surface area contributed by atoms with Crippen LogP contribution < -0.4 is 14.8 Å². The Labute approximate surface area is 155 Å². The maximum absolute atomic E-state index is 12.5. The Bertz CT molecular complexity index is 630. The Morgan fingerprint density at radius 2 is 1.85 bits per heavy atom. The lowest BCUT2D eigenvalue weighted by molar-refractivity contribution is -0.129. The van der Waals surface area contributed by atoms with Gasteiger partial charge in [-0.1, -0.05) is 13.8 Å². The van der Waals surface area contributed by atoms with Gasteiger partial charge in [0.2, 0.25) is 11.8 Å². The second kappa shape index (κ2) is 9.46. The van der Waals surface area contributed by atoms with Crippen LogP contribution in [0.5, 0.6) is 11.5 Å². The van der Waals surface area contributed by atoms with Crippen molar-refractivity contribution in [1.29, 1.82) is 0 Å². The molecule has 1 aliphatic rings. The van der Waals surface area contributed by atoms with Crippen molar-refractivity contribution in [1.82, 2.24) is 4.90 Å². The molecule has 0 aromatic heterocycles. The van der Waals surface area contributed by atoms with Gasteiger partial charge in [0.25, 0.3) is 0 Å². The lowest BCUT2D eigenvalue weighted by Gasteiger charge is -2.20. The zero-order valence-corrected chi connectivity index (χ0v) is 16.2. The molecule has 144 valence electrons. The normalized spacial score (nSPS) is 16.9. The van der Waals surface area contributed by atoms with Crippen LogP contribution in [-0.4, -0.2) is 42.5 Å². The van der Waals surface area contributed by atoms with Crippen molar-refractivity contribution in [2.45, 2.75) is 53.0 Å². The third-order valence-corrected chi connectivity index (χ3v) is 4.29. The molecule has 0 radical (unpaired) electrons. The first-order chi connectivity index (χ1) is 12.5. The van der Waals surface area contributed by atoms with E-state index in [1.54, 1.807) is 17.0 Å². The summed E-state index contributed by atoms with van der Waals surface area (Å²) in [5, 5.41) is 2.91. The van der Waals surface area contributed by atoms with E-state index < -0.39 is 0 Å². The summed E-state index contributed by atoms with van der Waals surface area (Å²) in [6, 6.07) is 5.52. The number of hydrogen-bond donors (Lipinski definition) is 1. The van der Waals surface area contributed by atoms with Crippen LogP contribution in [-0.2, 0) is 9.59 Å². The topological polar surface area (TPSA) is 67.9 Å². The zero-order chi connectivity index (χ0) is 19.1. The number of rotatable bonds is 9. The molecule has 1 N–H and O–H groups in total. The van der Waals surface area contributed by atoms with E-state index in [1.165, 1.54) is 0 Å². The van der Waals surface area contributed by atoms with Crippen LogP contribution in [0.2, 0.25) is 0 Å².